The highest BCUT2D eigenvalue weighted by atomic mass is 32.2. The van der Waals surface area contributed by atoms with Gasteiger partial charge in [-0.05, 0) is 38.1 Å². The van der Waals surface area contributed by atoms with Gasteiger partial charge in [0.05, 0.1) is 11.8 Å². The number of nitrogens with one attached hydrogen (secondary N) is 2. The molecule has 0 heterocycles. The predicted molar refractivity (Wildman–Crippen MR) is 74.5 cm³/mol. The summed E-state index contributed by atoms with van der Waals surface area (Å²) in [6.07, 6.45) is 2.01. The first-order valence-electron chi connectivity index (χ1n) is 6.08. The molecule has 1 aromatic rings. The molecular weight excluding hydrogens is 266 g/mol. The lowest BCUT2D eigenvalue weighted by molar-refractivity contribution is 0.0328. The molecule has 0 amide bonds. The zero-order chi connectivity index (χ0) is 14.0. The lowest BCUT2D eigenvalue weighted by Gasteiger charge is -2.35. The van der Waals surface area contributed by atoms with Crippen LogP contribution in [0.3, 0.4) is 0 Å². The van der Waals surface area contributed by atoms with Crippen LogP contribution in [0.15, 0.2) is 23.1 Å². The van der Waals surface area contributed by atoms with Gasteiger partial charge in [0, 0.05) is 18.8 Å². The van der Waals surface area contributed by atoms with E-state index in [2.05, 4.69) is 10.0 Å². The molecule has 2 rings (SSSR count). The van der Waals surface area contributed by atoms with Gasteiger partial charge in [-0.3, -0.25) is 0 Å². The van der Waals surface area contributed by atoms with Crippen molar-refractivity contribution in [3.63, 3.8) is 0 Å². The maximum absolute atomic E-state index is 12.0. The molecule has 1 aliphatic rings. The van der Waals surface area contributed by atoms with Gasteiger partial charge < -0.3 is 15.8 Å². The van der Waals surface area contributed by atoms with Crippen LogP contribution in [-0.2, 0) is 14.8 Å². The molecule has 0 bridgehead atoms. The van der Waals surface area contributed by atoms with Gasteiger partial charge in [0.15, 0.2) is 0 Å². The van der Waals surface area contributed by atoms with Crippen molar-refractivity contribution in [3.8, 4) is 0 Å². The number of benzene rings is 1. The van der Waals surface area contributed by atoms with Gasteiger partial charge >= 0.3 is 0 Å². The Morgan fingerprint density at radius 2 is 2.05 bits per heavy atom. The zero-order valence-corrected chi connectivity index (χ0v) is 11.8. The number of methoxy groups -OCH3 is 1. The number of nitrogens with two attached hydrogens (primary N) is 1. The molecule has 0 radical (unpaired) electrons. The molecule has 0 atom stereocenters. The Hall–Kier alpha value is -1.31. The second kappa shape index (κ2) is 5.36. The Balaban J connectivity index is 2.21. The van der Waals surface area contributed by atoms with Crippen molar-refractivity contribution >= 4 is 21.4 Å². The van der Waals surface area contributed by atoms with E-state index in [-0.39, 0.29) is 17.0 Å². The monoisotopic (exact) mass is 285 g/mol. The van der Waals surface area contributed by atoms with E-state index in [1.165, 1.54) is 13.1 Å². The number of nitrogen functional groups attached to an aromatic ring is 1. The number of hydrogen-bond donors (Lipinski definition) is 3. The number of rotatable bonds is 5. The highest BCUT2D eigenvalue weighted by Crippen LogP contribution is 2.30. The molecular formula is C12H19N3O3S. The zero-order valence-electron chi connectivity index (χ0n) is 11.0. The van der Waals surface area contributed by atoms with E-state index in [1.807, 2.05) is 0 Å². The second-order valence-electron chi connectivity index (χ2n) is 4.63. The van der Waals surface area contributed by atoms with E-state index < -0.39 is 10.0 Å². The van der Waals surface area contributed by atoms with Crippen LogP contribution >= 0.6 is 0 Å². The average molecular weight is 285 g/mol. The Kier molecular flexibility index (Phi) is 3.98. The van der Waals surface area contributed by atoms with E-state index in [0.29, 0.717) is 11.4 Å². The second-order valence-corrected chi connectivity index (χ2v) is 6.49. The summed E-state index contributed by atoms with van der Waals surface area (Å²) < 4.78 is 31.4. The molecule has 1 aromatic carbocycles. The normalized spacial score (nSPS) is 22.8. The Morgan fingerprint density at radius 3 is 2.63 bits per heavy atom. The number of ether oxygens (including phenoxy) is 1. The van der Waals surface area contributed by atoms with Crippen molar-refractivity contribution in [1.29, 1.82) is 0 Å². The van der Waals surface area contributed by atoms with Crippen LogP contribution in [0.5, 0.6) is 0 Å². The van der Waals surface area contributed by atoms with Crippen molar-refractivity contribution in [3.05, 3.63) is 18.2 Å². The first-order chi connectivity index (χ1) is 8.96. The van der Waals surface area contributed by atoms with Crippen LogP contribution in [0.2, 0.25) is 0 Å². The van der Waals surface area contributed by atoms with Crippen molar-refractivity contribution in [2.24, 2.45) is 0 Å². The summed E-state index contributed by atoms with van der Waals surface area (Å²) in [5.74, 6) is 0. The van der Waals surface area contributed by atoms with Crippen LogP contribution in [-0.4, -0.2) is 34.7 Å². The van der Waals surface area contributed by atoms with Gasteiger partial charge in [0.1, 0.15) is 4.90 Å². The molecule has 106 valence electrons. The first-order valence-corrected chi connectivity index (χ1v) is 7.57. The minimum Gasteiger partial charge on any atom is -0.399 e. The minimum atomic E-state index is -3.52. The van der Waals surface area contributed by atoms with Gasteiger partial charge in [-0.15, -0.1) is 0 Å². The van der Waals surface area contributed by atoms with Crippen molar-refractivity contribution in [2.45, 2.75) is 29.9 Å². The third kappa shape index (κ3) is 2.99. The molecule has 1 saturated carbocycles. The molecule has 19 heavy (non-hydrogen) atoms. The third-order valence-electron chi connectivity index (χ3n) is 3.35. The summed E-state index contributed by atoms with van der Waals surface area (Å²) in [6.45, 7) is 0. The van der Waals surface area contributed by atoms with Gasteiger partial charge in [0.2, 0.25) is 10.0 Å². The fraction of sp³-hybridized carbons (Fsp3) is 0.500. The third-order valence-corrected chi connectivity index (χ3v) is 4.81. The lowest BCUT2D eigenvalue weighted by atomic mass is 9.89. The van der Waals surface area contributed by atoms with Crippen LogP contribution in [0.25, 0.3) is 0 Å². The maximum Gasteiger partial charge on any atom is 0.242 e. The smallest absolute Gasteiger partial charge is 0.242 e. The van der Waals surface area contributed by atoms with Crippen molar-refractivity contribution in [1.82, 2.24) is 4.72 Å². The maximum atomic E-state index is 12.0. The van der Waals surface area contributed by atoms with Crippen LogP contribution < -0.4 is 15.8 Å². The molecule has 1 fully saturated rings. The van der Waals surface area contributed by atoms with Gasteiger partial charge in [-0.25, -0.2) is 13.1 Å². The summed E-state index contributed by atoms with van der Waals surface area (Å²) in [5.41, 5.74) is 6.65. The molecule has 0 aromatic heterocycles. The molecule has 0 aliphatic heterocycles. The topological polar surface area (TPSA) is 93.5 Å². The highest BCUT2D eigenvalue weighted by Gasteiger charge is 2.30. The summed E-state index contributed by atoms with van der Waals surface area (Å²) in [4.78, 5) is 0.177. The fourth-order valence-electron chi connectivity index (χ4n) is 2.09. The van der Waals surface area contributed by atoms with Crippen molar-refractivity contribution < 1.29 is 13.2 Å². The highest BCUT2D eigenvalue weighted by molar-refractivity contribution is 7.89. The van der Waals surface area contributed by atoms with Crippen LogP contribution in [0.4, 0.5) is 11.4 Å². The van der Waals surface area contributed by atoms with Crippen molar-refractivity contribution in [2.75, 3.05) is 25.2 Å². The first kappa shape index (κ1) is 14.1. The fourth-order valence-corrected chi connectivity index (χ4v) is 3.01. The van der Waals surface area contributed by atoms with E-state index in [0.717, 1.165) is 12.8 Å². The molecule has 6 nitrogen and oxygen atoms in total. The lowest BCUT2D eigenvalue weighted by Crippen LogP contribution is -2.40. The largest absolute Gasteiger partial charge is 0.399 e. The van der Waals surface area contributed by atoms with Gasteiger partial charge in [-0.2, -0.15) is 0 Å². The van der Waals surface area contributed by atoms with E-state index in [1.54, 1.807) is 19.2 Å². The number of sulfonamides is 1. The Labute approximate surface area is 113 Å². The Morgan fingerprint density at radius 1 is 1.37 bits per heavy atom. The van der Waals surface area contributed by atoms with Gasteiger partial charge in [0.25, 0.3) is 0 Å². The summed E-state index contributed by atoms with van der Waals surface area (Å²) in [7, 11) is -0.461. The number of anilines is 2. The SMILES string of the molecule is CNS(=O)(=O)c1cc(N)ccc1NC1CC(OC)C1. The predicted octanol–water partition coefficient (Wildman–Crippen LogP) is 0.766. The minimum absolute atomic E-state index is 0.177. The van der Waals surface area contributed by atoms with E-state index in [4.69, 9.17) is 10.5 Å². The molecule has 0 unspecified atom stereocenters. The quantitative estimate of drug-likeness (QED) is 0.695. The molecule has 0 spiro atoms. The van der Waals surface area contributed by atoms with Gasteiger partial charge in [-0.1, -0.05) is 0 Å². The van der Waals surface area contributed by atoms with Crippen LogP contribution in [0.1, 0.15) is 12.8 Å². The molecule has 7 heteroatoms. The average Bonchev–Trinajstić information content (AvgIpc) is 2.34. The molecule has 1 aliphatic carbocycles. The van der Waals surface area contributed by atoms with Crippen LogP contribution in [0, 0.1) is 0 Å². The molecule has 0 saturated heterocycles. The summed E-state index contributed by atoms with van der Waals surface area (Å²) >= 11 is 0. The number of hydrogen-bond acceptors (Lipinski definition) is 5. The van der Waals surface area contributed by atoms with E-state index >= 15 is 0 Å². The standard InChI is InChI=1S/C12H19N3O3S/c1-14-19(16,17)12-5-8(13)3-4-11(12)15-9-6-10(7-9)18-2/h3-5,9-10,14-15H,6-7,13H2,1-2H3. The van der Waals surface area contributed by atoms with E-state index in [9.17, 15) is 8.42 Å². The summed E-state index contributed by atoms with van der Waals surface area (Å²) in [6, 6.07) is 5.07. The molecule has 4 N–H and O–H groups in total. The summed E-state index contributed by atoms with van der Waals surface area (Å²) in [5, 5.41) is 3.22. The Bertz CT molecular complexity index is 553.